The Morgan fingerprint density at radius 2 is 1.57 bits per heavy atom. The first-order chi connectivity index (χ1) is 13.2. The molecule has 2 aromatic carbocycles. The van der Waals surface area contributed by atoms with E-state index in [1.54, 1.807) is 38.4 Å². The van der Waals surface area contributed by atoms with Crippen LogP contribution in [0.15, 0.2) is 53.4 Å². The number of benzene rings is 2. The predicted octanol–water partition coefficient (Wildman–Crippen LogP) is 1.50. The first kappa shape index (κ1) is 21.2. The Kier molecular flexibility index (Phi) is 6.93. The minimum atomic E-state index is -3.75. The Hall–Kier alpha value is -3.15. The van der Waals surface area contributed by atoms with Crippen LogP contribution in [0.1, 0.15) is 26.3 Å². The Morgan fingerprint density at radius 3 is 2.11 bits per heavy atom. The van der Waals surface area contributed by atoms with Gasteiger partial charge in [0.1, 0.15) is 0 Å². The number of hydrogen-bond acceptors (Lipinski definition) is 5. The summed E-state index contributed by atoms with van der Waals surface area (Å²) in [5, 5.41) is 0. The molecule has 2 aromatic rings. The van der Waals surface area contributed by atoms with Gasteiger partial charge in [-0.2, -0.15) is 4.72 Å². The Labute approximate surface area is 164 Å². The van der Waals surface area contributed by atoms with Crippen molar-refractivity contribution in [3.63, 3.8) is 0 Å². The summed E-state index contributed by atoms with van der Waals surface area (Å²) in [6.07, 6.45) is 0. The summed E-state index contributed by atoms with van der Waals surface area (Å²) in [5.74, 6) is 4.91. The van der Waals surface area contributed by atoms with Gasteiger partial charge >= 0.3 is 5.97 Å². The molecule has 0 aliphatic heterocycles. The van der Waals surface area contributed by atoms with Crippen molar-refractivity contribution < 1.29 is 22.7 Å². The Morgan fingerprint density at radius 1 is 1.00 bits per heavy atom. The molecule has 0 spiro atoms. The molecule has 0 aliphatic carbocycles. The molecular formula is C20H20N2O5S. The highest BCUT2D eigenvalue weighted by atomic mass is 32.2. The second kappa shape index (κ2) is 9.17. The van der Waals surface area contributed by atoms with Gasteiger partial charge in [-0.25, -0.2) is 13.2 Å². The molecule has 0 saturated carbocycles. The predicted molar refractivity (Wildman–Crippen MR) is 104 cm³/mol. The van der Waals surface area contributed by atoms with Crippen LogP contribution in [-0.2, 0) is 14.8 Å². The van der Waals surface area contributed by atoms with E-state index in [1.807, 2.05) is 0 Å². The molecule has 0 saturated heterocycles. The van der Waals surface area contributed by atoms with Crippen molar-refractivity contribution in [1.82, 2.24) is 9.62 Å². The third-order valence-electron chi connectivity index (χ3n) is 3.71. The van der Waals surface area contributed by atoms with E-state index in [9.17, 15) is 18.0 Å². The standard InChI is InChI=1S/C20H20N2O5S/c1-22(2)19(23)16-8-6-15(7-9-16)5-4-14-21-28(25,26)18-12-10-17(11-13-18)20(24)27-3/h6-13,21H,14H2,1-3H3. The van der Waals surface area contributed by atoms with Gasteiger partial charge in [0.2, 0.25) is 10.0 Å². The molecule has 0 unspecified atom stereocenters. The molecule has 0 bridgehead atoms. The van der Waals surface area contributed by atoms with Crippen molar-refractivity contribution in [2.24, 2.45) is 0 Å². The van der Waals surface area contributed by atoms with Crippen molar-refractivity contribution in [3.05, 3.63) is 65.2 Å². The van der Waals surface area contributed by atoms with E-state index in [4.69, 9.17) is 0 Å². The van der Waals surface area contributed by atoms with Crippen LogP contribution in [0, 0.1) is 11.8 Å². The highest BCUT2D eigenvalue weighted by molar-refractivity contribution is 7.89. The van der Waals surface area contributed by atoms with Crippen LogP contribution in [0.25, 0.3) is 0 Å². The first-order valence-corrected chi connectivity index (χ1v) is 9.71. The van der Waals surface area contributed by atoms with Gasteiger partial charge in [0.25, 0.3) is 5.91 Å². The minimum absolute atomic E-state index is 0.0218. The molecule has 0 fully saturated rings. The number of esters is 1. The fraction of sp³-hybridized carbons (Fsp3) is 0.200. The summed E-state index contributed by atoms with van der Waals surface area (Å²) in [7, 11) is 0.848. The number of ether oxygens (including phenoxy) is 1. The lowest BCUT2D eigenvalue weighted by molar-refractivity contribution is 0.0600. The van der Waals surface area contributed by atoms with Crippen LogP contribution in [0.4, 0.5) is 0 Å². The zero-order valence-corrected chi connectivity index (χ0v) is 16.5. The van der Waals surface area contributed by atoms with E-state index in [-0.39, 0.29) is 22.9 Å². The second-order valence-electron chi connectivity index (χ2n) is 5.92. The van der Waals surface area contributed by atoms with Crippen molar-refractivity contribution in [1.29, 1.82) is 0 Å². The van der Waals surface area contributed by atoms with Crippen LogP contribution in [0.3, 0.4) is 0 Å². The maximum atomic E-state index is 12.2. The lowest BCUT2D eigenvalue weighted by Gasteiger charge is -2.09. The van der Waals surface area contributed by atoms with Crippen LogP contribution in [0.5, 0.6) is 0 Å². The molecule has 28 heavy (non-hydrogen) atoms. The van der Waals surface area contributed by atoms with Crippen LogP contribution >= 0.6 is 0 Å². The molecule has 1 N–H and O–H groups in total. The maximum absolute atomic E-state index is 12.2. The van der Waals surface area contributed by atoms with Crippen LogP contribution < -0.4 is 4.72 Å². The summed E-state index contributed by atoms with van der Waals surface area (Å²) < 4.78 is 31.4. The zero-order chi connectivity index (χ0) is 20.7. The third kappa shape index (κ3) is 5.42. The number of carbonyl (C=O) groups is 2. The van der Waals surface area contributed by atoms with Crippen molar-refractivity contribution >= 4 is 21.9 Å². The minimum Gasteiger partial charge on any atom is -0.465 e. The highest BCUT2D eigenvalue weighted by Crippen LogP contribution is 2.11. The highest BCUT2D eigenvalue weighted by Gasteiger charge is 2.14. The summed E-state index contributed by atoms with van der Waals surface area (Å²) in [5.41, 5.74) is 1.47. The Balaban J connectivity index is 1.99. The molecule has 0 atom stereocenters. The number of carbonyl (C=O) groups excluding carboxylic acids is 2. The second-order valence-corrected chi connectivity index (χ2v) is 7.69. The van der Waals surface area contributed by atoms with Gasteiger partial charge in [0.15, 0.2) is 0 Å². The third-order valence-corrected chi connectivity index (χ3v) is 5.12. The van der Waals surface area contributed by atoms with Crippen molar-refractivity contribution in [3.8, 4) is 11.8 Å². The number of hydrogen-bond donors (Lipinski definition) is 1. The molecule has 8 heteroatoms. The normalized spacial score (nSPS) is 10.5. The topological polar surface area (TPSA) is 92.8 Å². The fourth-order valence-corrected chi connectivity index (χ4v) is 3.13. The monoisotopic (exact) mass is 400 g/mol. The fourth-order valence-electron chi connectivity index (χ4n) is 2.20. The molecule has 0 heterocycles. The number of nitrogens with one attached hydrogen (secondary N) is 1. The summed E-state index contributed by atoms with van der Waals surface area (Å²) in [4.78, 5) is 24.7. The quantitative estimate of drug-likeness (QED) is 0.607. The summed E-state index contributed by atoms with van der Waals surface area (Å²) >= 11 is 0. The molecule has 0 radical (unpaired) electrons. The molecule has 1 amide bonds. The van der Waals surface area contributed by atoms with Gasteiger partial charge in [-0.15, -0.1) is 0 Å². The van der Waals surface area contributed by atoms with Crippen molar-refractivity contribution in [2.75, 3.05) is 27.7 Å². The van der Waals surface area contributed by atoms with E-state index in [0.29, 0.717) is 11.1 Å². The number of methoxy groups -OCH3 is 1. The molecule has 2 rings (SSSR count). The van der Waals surface area contributed by atoms with Crippen LogP contribution in [-0.4, -0.2) is 52.9 Å². The molecule has 0 aliphatic rings. The number of rotatable bonds is 5. The molecular weight excluding hydrogens is 380 g/mol. The molecule has 0 aromatic heterocycles. The van der Waals surface area contributed by atoms with Gasteiger partial charge < -0.3 is 9.64 Å². The van der Waals surface area contributed by atoms with Gasteiger partial charge in [0, 0.05) is 25.2 Å². The SMILES string of the molecule is COC(=O)c1ccc(S(=O)(=O)NCC#Cc2ccc(C(=O)N(C)C)cc2)cc1. The van der Waals surface area contributed by atoms with E-state index in [1.165, 1.54) is 36.3 Å². The number of sulfonamides is 1. The maximum Gasteiger partial charge on any atom is 0.337 e. The summed E-state index contributed by atoms with van der Waals surface area (Å²) in [6.45, 7) is -0.0839. The first-order valence-electron chi connectivity index (χ1n) is 8.23. The van der Waals surface area contributed by atoms with Gasteiger partial charge in [-0.3, -0.25) is 4.79 Å². The number of nitrogens with zero attached hydrogens (tertiary/aromatic N) is 1. The van der Waals surface area contributed by atoms with Gasteiger partial charge in [-0.05, 0) is 48.5 Å². The zero-order valence-electron chi connectivity index (χ0n) is 15.7. The lowest BCUT2D eigenvalue weighted by atomic mass is 10.1. The number of amides is 1. The van der Waals surface area contributed by atoms with Gasteiger partial charge in [0.05, 0.1) is 24.1 Å². The van der Waals surface area contributed by atoms with E-state index < -0.39 is 16.0 Å². The largest absolute Gasteiger partial charge is 0.465 e. The molecule has 7 nitrogen and oxygen atoms in total. The smallest absolute Gasteiger partial charge is 0.337 e. The average Bonchev–Trinajstić information content (AvgIpc) is 2.70. The van der Waals surface area contributed by atoms with E-state index in [2.05, 4.69) is 21.3 Å². The summed E-state index contributed by atoms with van der Waals surface area (Å²) in [6, 6.07) is 12.1. The van der Waals surface area contributed by atoms with Crippen LogP contribution in [0.2, 0.25) is 0 Å². The average molecular weight is 400 g/mol. The molecule has 146 valence electrons. The lowest BCUT2D eigenvalue weighted by Crippen LogP contribution is -2.24. The van der Waals surface area contributed by atoms with E-state index >= 15 is 0 Å². The Bertz CT molecular complexity index is 1020. The van der Waals surface area contributed by atoms with Gasteiger partial charge in [-0.1, -0.05) is 11.8 Å². The van der Waals surface area contributed by atoms with Crippen molar-refractivity contribution in [2.45, 2.75) is 4.90 Å². The van der Waals surface area contributed by atoms with E-state index in [0.717, 1.165) is 0 Å².